The molecule has 9 heteroatoms. The lowest BCUT2D eigenvalue weighted by Crippen LogP contribution is -2.28. The number of aromatic amines is 1. The minimum absolute atomic E-state index is 0.235. The molecule has 21 heavy (non-hydrogen) atoms. The molecule has 0 radical (unpaired) electrons. The maximum Gasteiger partial charge on any atom is 0.241 e. The van der Waals surface area contributed by atoms with Gasteiger partial charge < -0.3 is 4.74 Å². The fourth-order valence-corrected chi connectivity index (χ4v) is 3.80. The molecule has 0 aliphatic rings. The van der Waals surface area contributed by atoms with Gasteiger partial charge in [0.1, 0.15) is 5.75 Å². The van der Waals surface area contributed by atoms with Gasteiger partial charge in [0.25, 0.3) is 0 Å². The van der Waals surface area contributed by atoms with Gasteiger partial charge in [-0.05, 0) is 44.0 Å². The number of methoxy groups -OCH3 is 1. The van der Waals surface area contributed by atoms with E-state index in [1.54, 1.807) is 40.0 Å². The first-order chi connectivity index (χ1) is 9.85. The lowest BCUT2D eigenvalue weighted by Gasteiger charge is -2.15. The Bertz CT molecular complexity index is 704. The highest BCUT2D eigenvalue weighted by atomic mass is 32.2. The fourth-order valence-electron chi connectivity index (χ4n) is 2.15. The summed E-state index contributed by atoms with van der Waals surface area (Å²) in [6, 6.07) is 2.77. The Morgan fingerprint density at radius 3 is 2.38 bits per heavy atom. The molecule has 2 N–H and O–H groups in total. The molecule has 0 aliphatic heterocycles. The van der Waals surface area contributed by atoms with Crippen molar-refractivity contribution in [2.75, 3.05) is 7.11 Å². The predicted octanol–water partition coefficient (Wildman–Crippen LogP) is 0.865. The molecule has 1 heterocycles. The number of ether oxygens (including phenoxy) is 1. The summed E-state index contributed by atoms with van der Waals surface area (Å²) in [5.74, 6) is 0.901. The van der Waals surface area contributed by atoms with Crippen LogP contribution in [0.4, 0.5) is 0 Å². The molecule has 2 rings (SSSR count). The topological polar surface area (TPSA) is 110 Å². The zero-order valence-electron chi connectivity index (χ0n) is 12.2. The molecule has 0 bridgehead atoms. The number of H-pyrrole nitrogens is 1. The SMILES string of the molecule is COc1cc(C)c(S(=O)(=O)NC(C)c2nn[nH]n2)c(C)c1. The Hall–Kier alpha value is -2.00. The van der Waals surface area contributed by atoms with Gasteiger partial charge in [0, 0.05) is 0 Å². The molecule has 0 fully saturated rings. The molecule has 0 amide bonds. The van der Waals surface area contributed by atoms with Crippen LogP contribution in [0.15, 0.2) is 17.0 Å². The molecule has 0 aliphatic carbocycles. The van der Waals surface area contributed by atoms with E-state index >= 15 is 0 Å². The molecule has 8 nitrogen and oxygen atoms in total. The van der Waals surface area contributed by atoms with Crippen LogP contribution in [0.1, 0.15) is 29.9 Å². The zero-order valence-corrected chi connectivity index (χ0v) is 13.0. The van der Waals surface area contributed by atoms with Crippen LogP contribution in [0.5, 0.6) is 5.75 Å². The number of hydrogen-bond donors (Lipinski definition) is 2. The Labute approximate surface area is 123 Å². The Balaban J connectivity index is 2.36. The molecule has 0 saturated heterocycles. The monoisotopic (exact) mass is 311 g/mol. The van der Waals surface area contributed by atoms with Gasteiger partial charge >= 0.3 is 0 Å². The number of nitrogens with zero attached hydrogens (tertiary/aromatic N) is 3. The molecule has 2 aromatic rings. The maximum atomic E-state index is 12.5. The minimum Gasteiger partial charge on any atom is -0.497 e. The van der Waals surface area contributed by atoms with Crippen LogP contribution in [0, 0.1) is 13.8 Å². The number of hydrogen-bond acceptors (Lipinski definition) is 6. The first-order valence-corrected chi connectivity index (χ1v) is 7.74. The number of aryl methyl sites for hydroxylation is 2. The van der Waals surface area contributed by atoms with Crippen molar-refractivity contribution in [1.82, 2.24) is 25.3 Å². The van der Waals surface area contributed by atoms with Gasteiger partial charge in [-0.1, -0.05) is 5.21 Å². The Morgan fingerprint density at radius 1 is 1.29 bits per heavy atom. The van der Waals surface area contributed by atoms with Crippen LogP contribution in [0.3, 0.4) is 0 Å². The first-order valence-electron chi connectivity index (χ1n) is 6.26. The second-order valence-electron chi connectivity index (χ2n) is 4.70. The largest absolute Gasteiger partial charge is 0.497 e. The summed E-state index contributed by atoms with van der Waals surface area (Å²) in [4.78, 5) is 0.235. The van der Waals surface area contributed by atoms with Crippen LogP contribution in [0.25, 0.3) is 0 Å². The van der Waals surface area contributed by atoms with Crippen LogP contribution in [-0.2, 0) is 10.0 Å². The zero-order chi connectivity index (χ0) is 15.6. The fraction of sp³-hybridized carbons (Fsp3) is 0.417. The highest BCUT2D eigenvalue weighted by molar-refractivity contribution is 7.89. The standard InChI is InChI=1S/C12H17N5O3S/c1-7-5-10(20-4)6-8(2)11(7)21(18,19)15-9(3)12-13-16-17-14-12/h5-6,9,15H,1-4H3,(H,13,14,16,17). The summed E-state index contributed by atoms with van der Waals surface area (Å²) < 4.78 is 32.8. The quantitative estimate of drug-likeness (QED) is 0.847. The van der Waals surface area contributed by atoms with E-state index in [9.17, 15) is 8.42 Å². The molecule has 114 valence electrons. The van der Waals surface area contributed by atoms with E-state index in [4.69, 9.17) is 4.74 Å². The van der Waals surface area contributed by atoms with E-state index in [-0.39, 0.29) is 10.7 Å². The van der Waals surface area contributed by atoms with E-state index in [1.807, 2.05) is 0 Å². The van der Waals surface area contributed by atoms with Crippen molar-refractivity contribution in [2.45, 2.75) is 31.7 Å². The van der Waals surface area contributed by atoms with Gasteiger partial charge in [0.2, 0.25) is 10.0 Å². The summed E-state index contributed by atoms with van der Waals surface area (Å²) in [5.41, 5.74) is 1.22. The smallest absolute Gasteiger partial charge is 0.241 e. The third kappa shape index (κ3) is 3.19. The van der Waals surface area contributed by atoms with E-state index < -0.39 is 16.1 Å². The molecular formula is C12H17N5O3S. The van der Waals surface area contributed by atoms with Crippen molar-refractivity contribution < 1.29 is 13.2 Å². The summed E-state index contributed by atoms with van der Waals surface area (Å²) in [7, 11) is -2.16. The van der Waals surface area contributed by atoms with Gasteiger partial charge in [-0.25, -0.2) is 13.1 Å². The van der Waals surface area contributed by atoms with Crippen molar-refractivity contribution >= 4 is 10.0 Å². The normalized spacial score (nSPS) is 13.1. The maximum absolute atomic E-state index is 12.5. The van der Waals surface area contributed by atoms with E-state index in [0.29, 0.717) is 16.9 Å². The summed E-state index contributed by atoms with van der Waals surface area (Å²) in [6.07, 6.45) is 0. The number of benzene rings is 1. The van der Waals surface area contributed by atoms with Gasteiger partial charge in [0.05, 0.1) is 18.0 Å². The van der Waals surface area contributed by atoms with E-state index in [0.717, 1.165) is 0 Å². The molecule has 0 spiro atoms. The lowest BCUT2D eigenvalue weighted by atomic mass is 10.1. The average Bonchev–Trinajstić information content (AvgIpc) is 2.90. The van der Waals surface area contributed by atoms with Gasteiger partial charge in [-0.2, -0.15) is 5.21 Å². The van der Waals surface area contributed by atoms with Crippen molar-refractivity contribution in [3.63, 3.8) is 0 Å². The van der Waals surface area contributed by atoms with Crippen LogP contribution >= 0.6 is 0 Å². The molecule has 0 saturated carbocycles. The van der Waals surface area contributed by atoms with Crippen molar-refractivity contribution in [3.8, 4) is 5.75 Å². The first kappa shape index (κ1) is 15.4. The van der Waals surface area contributed by atoms with Gasteiger partial charge in [0.15, 0.2) is 5.82 Å². The average molecular weight is 311 g/mol. The van der Waals surface area contributed by atoms with Crippen molar-refractivity contribution in [3.05, 3.63) is 29.1 Å². The lowest BCUT2D eigenvalue weighted by molar-refractivity contribution is 0.413. The third-order valence-corrected chi connectivity index (χ3v) is 4.86. The predicted molar refractivity (Wildman–Crippen MR) is 75.4 cm³/mol. The van der Waals surface area contributed by atoms with E-state index in [2.05, 4.69) is 25.3 Å². The minimum atomic E-state index is -3.70. The van der Waals surface area contributed by atoms with Gasteiger partial charge in [-0.15, -0.1) is 10.2 Å². The highest BCUT2D eigenvalue weighted by Gasteiger charge is 2.24. The molecule has 1 unspecified atom stereocenters. The summed E-state index contributed by atoms with van der Waals surface area (Å²) in [5, 5.41) is 13.3. The van der Waals surface area contributed by atoms with Gasteiger partial charge in [-0.3, -0.25) is 0 Å². The summed E-state index contributed by atoms with van der Waals surface area (Å²) in [6.45, 7) is 5.10. The molecule has 1 aromatic carbocycles. The number of aromatic nitrogens is 4. The number of rotatable bonds is 5. The second-order valence-corrected chi connectivity index (χ2v) is 6.35. The van der Waals surface area contributed by atoms with Crippen molar-refractivity contribution in [2.24, 2.45) is 0 Å². The Morgan fingerprint density at radius 2 is 1.90 bits per heavy atom. The molecular weight excluding hydrogens is 294 g/mol. The van der Waals surface area contributed by atoms with Crippen LogP contribution in [-0.4, -0.2) is 36.2 Å². The van der Waals surface area contributed by atoms with Crippen molar-refractivity contribution in [1.29, 1.82) is 0 Å². The molecule has 1 aromatic heterocycles. The van der Waals surface area contributed by atoms with Crippen LogP contribution < -0.4 is 9.46 Å². The number of sulfonamides is 1. The number of nitrogens with one attached hydrogen (secondary N) is 2. The van der Waals surface area contributed by atoms with E-state index in [1.165, 1.54) is 0 Å². The number of tetrazole rings is 1. The highest BCUT2D eigenvalue weighted by Crippen LogP contribution is 2.26. The second kappa shape index (κ2) is 5.78. The molecule has 1 atom stereocenters. The van der Waals surface area contributed by atoms with Crippen LogP contribution in [0.2, 0.25) is 0 Å². The summed E-state index contributed by atoms with van der Waals surface area (Å²) >= 11 is 0. The third-order valence-electron chi connectivity index (χ3n) is 3.02. The Kier molecular flexibility index (Phi) is 4.24.